The van der Waals surface area contributed by atoms with Gasteiger partial charge in [-0.2, -0.15) is 0 Å². The lowest BCUT2D eigenvalue weighted by Gasteiger charge is -2.26. The first-order valence-corrected chi connectivity index (χ1v) is 8.33. The number of aryl methyl sites for hydroxylation is 2. The fraction of sp³-hybridized carbons (Fsp3) is 0.667. The fourth-order valence-corrected chi connectivity index (χ4v) is 2.83. The van der Waals surface area contributed by atoms with Crippen LogP contribution in [-0.4, -0.2) is 50.3 Å². The molecule has 0 aliphatic carbocycles. The molecule has 1 aliphatic heterocycles. The zero-order valence-corrected chi connectivity index (χ0v) is 13.6. The minimum absolute atomic E-state index is 0.593. The molecule has 1 unspecified atom stereocenters. The minimum atomic E-state index is 0.593. The summed E-state index contributed by atoms with van der Waals surface area (Å²) in [6.45, 7) is 10.8. The second-order valence-corrected chi connectivity index (χ2v) is 6.19. The summed E-state index contributed by atoms with van der Waals surface area (Å²) in [5, 5.41) is 3.65. The zero-order valence-electron chi connectivity index (χ0n) is 13.6. The SMILES string of the molecule is Cc1cccc(CCC(C)NCCCN2CCOCC2)c1. The molecule has 1 saturated heterocycles. The summed E-state index contributed by atoms with van der Waals surface area (Å²) >= 11 is 0. The van der Waals surface area contributed by atoms with E-state index in [0.29, 0.717) is 6.04 Å². The molecule has 0 radical (unpaired) electrons. The molecule has 0 saturated carbocycles. The van der Waals surface area contributed by atoms with Gasteiger partial charge in [-0.15, -0.1) is 0 Å². The van der Waals surface area contributed by atoms with E-state index < -0.39 is 0 Å². The first kappa shape index (κ1) is 16.5. The summed E-state index contributed by atoms with van der Waals surface area (Å²) in [5.41, 5.74) is 2.82. The molecule has 1 atom stereocenters. The second-order valence-electron chi connectivity index (χ2n) is 6.19. The summed E-state index contributed by atoms with van der Waals surface area (Å²) in [6, 6.07) is 9.45. The van der Waals surface area contributed by atoms with Crippen LogP contribution in [0, 0.1) is 6.92 Å². The van der Waals surface area contributed by atoms with Crippen LogP contribution in [0.25, 0.3) is 0 Å². The molecule has 3 heteroatoms. The molecular weight excluding hydrogens is 260 g/mol. The number of ether oxygens (including phenoxy) is 1. The third-order valence-corrected chi connectivity index (χ3v) is 4.20. The van der Waals surface area contributed by atoms with Gasteiger partial charge in [0.1, 0.15) is 0 Å². The largest absolute Gasteiger partial charge is 0.379 e. The van der Waals surface area contributed by atoms with Crippen LogP contribution in [0.2, 0.25) is 0 Å². The summed E-state index contributed by atoms with van der Waals surface area (Å²) in [7, 11) is 0. The van der Waals surface area contributed by atoms with Gasteiger partial charge in [0.25, 0.3) is 0 Å². The van der Waals surface area contributed by atoms with Gasteiger partial charge in [0.05, 0.1) is 13.2 Å². The fourth-order valence-electron chi connectivity index (χ4n) is 2.83. The number of nitrogens with zero attached hydrogens (tertiary/aromatic N) is 1. The lowest BCUT2D eigenvalue weighted by Crippen LogP contribution is -2.38. The number of morpholine rings is 1. The van der Waals surface area contributed by atoms with Crippen molar-refractivity contribution in [2.45, 2.75) is 39.2 Å². The normalized spacial score (nSPS) is 17.8. The Hall–Kier alpha value is -0.900. The molecule has 0 bridgehead atoms. The van der Waals surface area contributed by atoms with Crippen molar-refractivity contribution in [1.29, 1.82) is 0 Å². The lowest BCUT2D eigenvalue weighted by atomic mass is 10.0. The molecule has 1 heterocycles. The second kappa shape index (κ2) is 9.19. The number of hydrogen-bond donors (Lipinski definition) is 1. The molecule has 1 fully saturated rings. The van der Waals surface area contributed by atoms with Gasteiger partial charge in [-0.05, 0) is 51.8 Å². The summed E-state index contributed by atoms with van der Waals surface area (Å²) in [4.78, 5) is 2.50. The standard InChI is InChI=1S/C18H30N2O/c1-16-5-3-6-18(15-16)8-7-17(2)19-9-4-10-20-11-13-21-14-12-20/h3,5-6,15,17,19H,4,7-14H2,1-2H3. The van der Waals surface area contributed by atoms with Crippen LogP contribution in [0.4, 0.5) is 0 Å². The van der Waals surface area contributed by atoms with E-state index in [1.807, 2.05) is 0 Å². The molecule has 1 aliphatic rings. The van der Waals surface area contributed by atoms with Gasteiger partial charge < -0.3 is 10.1 Å². The number of rotatable bonds is 8. The van der Waals surface area contributed by atoms with Crippen LogP contribution in [0.15, 0.2) is 24.3 Å². The van der Waals surface area contributed by atoms with Crippen molar-refractivity contribution >= 4 is 0 Å². The highest BCUT2D eigenvalue weighted by atomic mass is 16.5. The van der Waals surface area contributed by atoms with Crippen LogP contribution in [0.1, 0.15) is 30.9 Å². The molecule has 1 aromatic carbocycles. The number of nitrogens with one attached hydrogen (secondary N) is 1. The van der Waals surface area contributed by atoms with Gasteiger partial charge in [-0.3, -0.25) is 4.90 Å². The van der Waals surface area contributed by atoms with E-state index in [9.17, 15) is 0 Å². The Bertz CT molecular complexity index is 402. The van der Waals surface area contributed by atoms with Crippen LogP contribution >= 0.6 is 0 Å². The van der Waals surface area contributed by atoms with Gasteiger partial charge in [0, 0.05) is 19.1 Å². The van der Waals surface area contributed by atoms with E-state index in [2.05, 4.69) is 48.3 Å². The minimum Gasteiger partial charge on any atom is -0.379 e. The monoisotopic (exact) mass is 290 g/mol. The first-order valence-electron chi connectivity index (χ1n) is 8.33. The maximum Gasteiger partial charge on any atom is 0.0594 e. The van der Waals surface area contributed by atoms with Crippen LogP contribution in [0.3, 0.4) is 0 Å². The Morgan fingerprint density at radius 1 is 1.29 bits per heavy atom. The van der Waals surface area contributed by atoms with Crippen LogP contribution in [-0.2, 0) is 11.2 Å². The smallest absolute Gasteiger partial charge is 0.0594 e. The van der Waals surface area contributed by atoms with E-state index in [1.54, 1.807) is 0 Å². The van der Waals surface area contributed by atoms with Crippen molar-refractivity contribution < 1.29 is 4.74 Å². The van der Waals surface area contributed by atoms with Gasteiger partial charge in [-0.25, -0.2) is 0 Å². The average molecular weight is 290 g/mol. The van der Waals surface area contributed by atoms with Crippen molar-refractivity contribution in [1.82, 2.24) is 10.2 Å². The van der Waals surface area contributed by atoms with E-state index in [1.165, 1.54) is 36.9 Å². The summed E-state index contributed by atoms with van der Waals surface area (Å²) < 4.78 is 5.37. The average Bonchev–Trinajstić information content (AvgIpc) is 2.51. The quantitative estimate of drug-likeness (QED) is 0.745. The highest BCUT2D eigenvalue weighted by molar-refractivity contribution is 5.22. The van der Waals surface area contributed by atoms with Crippen molar-refractivity contribution in [2.24, 2.45) is 0 Å². The van der Waals surface area contributed by atoms with E-state index in [0.717, 1.165) is 32.8 Å². The highest BCUT2D eigenvalue weighted by Gasteiger charge is 2.09. The molecule has 3 nitrogen and oxygen atoms in total. The lowest BCUT2D eigenvalue weighted by molar-refractivity contribution is 0.0374. The third-order valence-electron chi connectivity index (χ3n) is 4.20. The van der Waals surface area contributed by atoms with Gasteiger partial charge >= 0.3 is 0 Å². The summed E-state index contributed by atoms with van der Waals surface area (Å²) in [6.07, 6.45) is 3.61. The zero-order chi connectivity index (χ0) is 14.9. The van der Waals surface area contributed by atoms with Gasteiger partial charge in [0.2, 0.25) is 0 Å². The molecule has 0 aromatic heterocycles. The Kier molecular flexibility index (Phi) is 7.20. The third kappa shape index (κ3) is 6.60. The molecule has 118 valence electrons. The van der Waals surface area contributed by atoms with E-state index >= 15 is 0 Å². The molecule has 0 amide bonds. The Morgan fingerprint density at radius 2 is 2.10 bits per heavy atom. The van der Waals surface area contributed by atoms with Gasteiger partial charge in [-0.1, -0.05) is 29.8 Å². The molecule has 1 aromatic rings. The Morgan fingerprint density at radius 3 is 2.86 bits per heavy atom. The van der Waals surface area contributed by atoms with Gasteiger partial charge in [0.15, 0.2) is 0 Å². The number of hydrogen-bond acceptors (Lipinski definition) is 3. The predicted molar refractivity (Wildman–Crippen MR) is 88.8 cm³/mol. The molecular formula is C18H30N2O. The Labute approximate surface area is 129 Å². The molecule has 21 heavy (non-hydrogen) atoms. The van der Waals surface area contributed by atoms with E-state index in [4.69, 9.17) is 4.74 Å². The van der Waals surface area contributed by atoms with Crippen LogP contribution in [0.5, 0.6) is 0 Å². The molecule has 2 rings (SSSR count). The highest BCUT2D eigenvalue weighted by Crippen LogP contribution is 2.08. The van der Waals surface area contributed by atoms with Crippen molar-refractivity contribution in [3.05, 3.63) is 35.4 Å². The van der Waals surface area contributed by atoms with Crippen LogP contribution < -0.4 is 5.32 Å². The summed E-state index contributed by atoms with van der Waals surface area (Å²) in [5.74, 6) is 0. The molecule has 0 spiro atoms. The topological polar surface area (TPSA) is 24.5 Å². The van der Waals surface area contributed by atoms with Crippen molar-refractivity contribution in [2.75, 3.05) is 39.4 Å². The maximum atomic E-state index is 5.37. The Balaban J connectivity index is 1.54. The van der Waals surface area contributed by atoms with Crippen molar-refractivity contribution in [3.8, 4) is 0 Å². The molecule has 1 N–H and O–H groups in total. The van der Waals surface area contributed by atoms with Crippen molar-refractivity contribution in [3.63, 3.8) is 0 Å². The first-order chi connectivity index (χ1) is 10.2. The maximum absolute atomic E-state index is 5.37. The van der Waals surface area contributed by atoms with E-state index in [-0.39, 0.29) is 0 Å². The number of benzene rings is 1. The predicted octanol–water partition coefficient (Wildman–Crippen LogP) is 2.63.